The molecule has 2 rings (SSSR count). The van der Waals surface area contributed by atoms with Crippen LogP contribution in [0.2, 0.25) is 0 Å². The van der Waals surface area contributed by atoms with E-state index in [2.05, 4.69) is 16.9 Å². The van der Waals surface area contributed by atoms with Crippen LogP contribution in [0.5, 0.6) is 0 Å². The van der Waals surface area contributed by atoms with Gasteiger partial charge in [-0.1, -0.05) is 37.3 Å². The van der Waals surface area contributed by atoms with Crippen LogP contribution in [0.15, 0.2) is 35.4 Å². The summed E-state index contributed by atoms with van der Waals surface area (Å²) in [6.45, 7) is 5.07. The van der Waals surface area contributed by atoms with Crippen molar-refractivity contribution in [2.24, 2.45) is 5.10 Å². The van der Waals surface area contributed by atoms with E-state index in [0.717, 1.165) is 36.7 Å². The normalized spacial score (nSPS) is 16.2. The SMILES string of the molecule is CCCN1CCN(/N=C/c2ccccc2)C1=S. The standard InChI is InChI=1S/C13H17N3S/c1-2-8-15-9-10-16(13(15)17)14-11-12-6-4-3-5-7-12/h3-7,11H,2,8-10H2,1H3/b14-11+. The summed E-state index contributed by atoms with van der Waals surface area (Å²) < 4.78 is 0. The molecule has 0 spiro atoms. The zero-order valence-electron chi connectivity index (χ0n) is 10.0. The fraction of sp³-hybridized carbons (Fsp3) is 0.385. The lowest BCUT2D eigenvalue weighted by Gasteiger charge is -2.17. The van der Waals surface area contributed by atoms with E-state index in [9.17, 15) is 0 Å². The first-order valence-corrected chi connectivity index (χ1v) is 6.37. The Labute approximate surface area is 108 Å². The van der Waals surface area contributed by atoms with Crippen molar-refractivity contribution in [2.45, 2.75) is 13.3 Å². The molecule has 0 amide bonds. The van der Waals surface area contributed by atoms with Crippen molar-refractivity contribution in [1.29, 1.82) is 0 Å². The van der Waals surface area contributed by atoms with E-state index in [1.807, 2.05) is 41.6 Å². The molecule has 0 bridgehead atoms. The Kier molecular flexibility index (Phi) is 4.09. The van der Waals surface area contributed by atoms with E-state index < -0.39 is 0 Å². The molecule has 0 radical (unpaired) electrons. The lowest BCUT2D eigenvalue weighted by Crippen LogP contribution is -2.29. The highest BCUT2D eigenvalue weighted by Crippen LogP contribution is 2.10. The van der Waals surface area contributed by atoms with Gasteiger partial charge in [-0.3, -0.25) is 0 Å². The van der Waals surface area contributed by atoms with Crippen molar-refractivity contribution in [3.05, 3.63) is 35.9 Å². The molecule has 0 aromatic heterocycles. The summed E-state index contributed by atoms with van der Waals surface area (Å²) in [6.07, 6.45) is 2.98. The average molecular weight is 247 g/mol. The summed E-state index contributed by atoms with van der Waals surface area (Å²) in [7, 11) is 0. The minimum atomic E-state index is 0.846. The summed E-state index contributed by atoms with van der Waals surface area (Å²) in [5, 5.41) is 7.18. The van der Waals surface area contributed by atoms with Crippen molar-refractivity contribution in [1.82, 2.24) is 9.91 Å². The maximum Gasteiger partial charge on any atom is 0.192 e. The van der Waals surface area contributed by atoms with E-state index in [1.54, 1.807) is 0 Å². The molecule has 90 valence electrons. The third kappa shape index (κ3) is 3.03. The molecule has 4 heteroatoms. The second kappa shape index (κ2) is 5.77. The summed E-state index contributed by atoms with van der Waals surface area (Å²) in [5.41, 5.74) is 1.10. The number of benzene rings is 1. The van der Waals surface area contributed by atoms with Crippen LogP contribution in [0.1, 0.15) is 18.9 Å². The lowest BCUT2D eigenvalue weighted by atomic mass is 10.2. The number of nitrogens with zero attached hydrogens (tertiary/aromatic N) is 3. The van der Waals surface area contributed by atoms with Crippen LogP contribution in [0, 0.1) is 0 Å². The van der Waals surface area contributed by atoms with Crippen molar-refractivity contribution in [2.75, 3.05) is 19.6 Å². The maximum absolute atomic E-state index is 5.38. The van der Waals surface area contributed by atoms with Gasteiger partial charge in [-0.25, -0.2) is 5.01 Å². The Morgan fingerprint density at radius 3 is 2.76 bits per heavy atom. The van der Waals surface area contributed by atoms with Crippen LogP contribution in [-0.2, 0) is 0 Å². The average Bonchev–Trinajstić information content (AvgIpc) is 2.70. The Bertz CT molecular complexity index is 402. The fourth-order valence-corrected chi connectivity index (χ4v) is 2.15. The molecular weight excluding hydrogens is 230 g/mol. The predicted octanol–water partition coefficient (Wildman–Crippen LogP) is 2.33. The smallest absolute Gasteiger partial charge is 0.192 e. The van der Waals surface area contributed by atoms with Crippen LogP contribution in [0.3, 0.4) is 0 Å². The predicted molar refractivity (Wildman–Crippen MR) is 75.2 cm³/mol. The molecule has 0 atom stereocenters. The molecule has 1 aliphatic heterocycles. The van der Waals surface area contributed by atoms with E-state index in [4.69, 9.17) is 12.2 Å². The van der Waals surface area contributed by atoms with Crippen LogP contribution in [-0.4, -0.2) is 40.9 Å². The minimum absolute atomic E-state index is 0.846. The van der Waals surface area contributed by atoms with Gasteiger partial charge in [-0.15, -0.1) is 0 Å². The topological polar surface area (TPSA) is 18.8 Å². The van der Waals surface area contributed by atoms with Gasteiger partial charge in [0, 0.05) is 13.1 Å². The summed E-state index contributed by atoms with van der Waals surface area (Å²) in [4.78, 5) is 2.21. The van der Waals surface area contributed by atoms with Crippen molar-refractivity contribution < 1.29 is 0 Å². The Balaban J connectivity index is 1.97. The number of thiocarbonyl (C=S) groups is 1. The largest absolute Gasteiger partial charge is 0.346 e. The Morgan fingerprint density at radius 2 is 2.06 bits per heavy atom. The molecule has 0 aliphatic carbocycles. The highest BCUT2D eigenvalue weighted by Gasteiger charge is 2.22. The molecule has 0 saturated carbocycles. The Morgan fingerprint density at radius 1 is 1.29 bits per heavy atom. The molecule has 1 fully saturated rings. The molecule has 0 unspecified atom stereocenters. The third-order valence-electron chi connectivity index (χ3n) is 2.71. The molecule has 3 nitrogen and oxygen atoms in total. The van der Waals surface area contributed by atoms with Gasteiger partial charge in [0.2, 0.25) is 0 Å². The van der Waals surface area contributed by atoms with Crippen LogP contribution >= 0.6 is 12.2 Å². The molecule has 1 aromatic rings. The van der Waals surface area contributed by atoms with Crippen LogP contribution in [0.4, 0.5) is 0 Å². The van der Waals surface area contributed by atoms with Gasteiger partial charge in [-0.2, -0.15) is 5.10 Å². The van der Waals surface area contributed by atoms with Gasteiger partial charge in [0.05, 0.1) is 12.8 Å². The van der Waals surface area contributed by atoms with Gasteiger partial charge in [0.1, 0.15) is 0 Å². The number of hydrogen-bond acceptors (Lipinski definition) is 2. The number of hydrogen-bond donors (Lipinski definition) is 0. The quantitative estimate of drug-likeness (QED) is 0.601. The second-order valence-electron chi connectivity index (χ2n) is 4.05. The fourth-order valence-electron chi connectivity index (χ4n) is 1.83. The third-order valence-corrected chi connectivity index (χ3v) is 3.18. The van der Waals surface area contributed by atoms with Gasteiger partial charge in [0.25, 0.3) is 0 Å². The summed E-state index contributed by atoms with van der Waals surface area (Å²) >= 11 is 5.38. The van der Waals surface area contributed by atoms with Gasteiger partial charge in [-0.05, 0) is 24.2 Å². The van der Waals surface area contributed by atoms with Gasteiger partial charge < -0.3 is 4.90 Å². The highest BCUT2D eigenvalue weighted by molar-refractivity contribution is 7.80. The zero-order valence-corrected chi connectivity index (χ0v) is 10.9. The summed E-state index contributed by atoms with van der Waals surface area (Å²) in [5.74, 6) is 0. The zero-order chi connectivity index (χ0) is 12.1. The second-order valence-corrected chi connectivity index (χ2v) is 4.41. The summed E-state index contributed by atoms with van der Waals surface area (Å²) in [6, 6.07) is 10.1. The first kappa shape index (κ1) is 12.0. The van der Waals surface area contributed by atoms with E-state index in [0.29, 0.717) is 0 Å². The molecule has 1 saturated heterocycles. The highest BCUT2D eigenvalue weighted by atomic mass is 32.1. The van der Waals surface area contributed by atoms with Crippen LogP contribution in [0.25, 0.3) is 0 Å². The van der Waals surface area contributed by atoms with Gasteiger partial charge >= 0.3 is 0 Å². The first-order chi connectivity index (χ1) is 8.31. The Hall–Kier alpha value is -1.42. The first-order valence-electron chi connectivity index (χ1n) is 5.96. The maximum atomic E-state index is 5.38. The molecular formula is C13H17N3S. The molecule has 1 heterocycles. The molecule has 1 aromatic carbocycles. The lowest BCUT2D eigenvalue weighted by molar-refractivity contribution is 0.465. The minimum Gasteiger partial charge on any atom is -0.346 e. The monoisotopic (exact) mass is 247 g/mol. The van der Waals surface area contributed by atoms with E-state index in [-0.39, 0.29) is 0 Å². The number of rotatable bonds is 4. The van der Waals surface area contributed by atoms with Gasteiger partial charge in [0.15, 0.2) is 5.11 Å². The van der Waals surface area contributed by atoms with E-state index in [1.165, 1.54) is 0 Å². The van der Waals surface area contributed by atoms with Crippen LogP contribution < -0.4 is 0 Å². The van der Waals surface area contributed by atoms with Crippen molar-refractivity contribution in [3.63, 3.8) is 0 Å². The molecule has 1 aliphatic rings. The van der Waals surface area contributed by atoms with E-state index >= 15 is 0 Å². The van der Waals surface area contributed by atoms with Crippen molar-refractivity contribution >= 4 is 23.5 Å². The molecule has 17 heavy (non-hydrogen) atoms. The molecule has 0 N–H and O–H groups in total. The van der Waals surface area contributed by atoms with Crippen molar-refractivity contribution in [3.8, 4) is 0 Å². The number of hydrazone groups is 1.